The van der Waals surface area contributed by atoms with Crippen LogP contribution < -0.4 is 5.32 Å². The molecule has 0 heterocycles. The molecule has 1 rings (SSSR count). The first-order valence-electron chi connectivity index (χ1n) is 8.67. The molecule has 120 valence electrons. The fraction of sp³-hybridized carbons (Fsp3) is 1.00. The predicted molar refractivity (Wildman–Crippen MR) is 88.1 cm³/mol. The van der Waals surface area contributed by atoms with E-state index in [9.17, 15) is 0 Å². The Morgan fingerprint density at radius 3 is 2.15 bits per heavy atom. The lowest BCUT2D eigenvalue weighted by Crippen LogP contribution is -2.55. The van der Waals surface area contributed by atoms with Crippen molar-refractivity contribution in [1.29, 1.82) is 0 Å². The van der Waals surface area contributed by atoms with Crippen LogP contribution >= 0.6 is 0 Å². The third-order valence-corrected chi connectivity index (χ3v) is 5.47. The Bertz CT molecular complexity index is 265. The lowest BCUT2D eigenvalue weighted by molar-refractivity contribution is -0.0903. The molecule has 2 nitrogen and oxygen atoms in total. The molecule has 0 aromatic carbocycles. The van der Waals surface area contributed by atoms with Crippen LogP contribution in [0, 0.1) is 11.3 Å². The predicted octanol–water partition coefficient (Wildman–Crippen LogP) is 4.78. The molecule has 0 aromatic heterocycles. The fourth-order valence-corrected chi connectivity index (χ4v) is 3.42. The minimum absolute atomic E-state index is 0.0636. The van der Waals surface area contributed by atoms with Crippen LogP contribution in [0.5, 0.6) is 0 Å². The second-order valence-corrected chi connectivity index (χ2v) is 7.69. The summed E-state index contributed by atoms with van der Waals surface area (Å²) in [7, 11) is 1.93. The monoisotopic (exact) mass is 283 g/mol. The van der Waals surface area contributed by atoms with E-state index in [1.165, 1.54) is 44.9 Å². The van der Waals surface area contributed by atoms with E-state index in [-0.39, 0.29) is 5.60 Å². The van der Waals surface area contributed by atoms with E-state index in [2.05, 4.69) is 39.9 Å². The van der Waals surface area contributed by atoms with Gasteiger partial charge >= 0.3 is 0 Å². The van der Waals surface area contributed by atoms with Gasteiger partial charge in [-0.15, -0.1) is 0 Å². The van der Waals surface area contributed by atoms with E-state index in [0.717, 1.165) is 12.5 Å². The molecule has 2 heteroatoms. The van der Waals surface area contributed by atoms with Crippen LogP contribution in [0.1, 0.15) is 79.6 Å². The van der Waals surface area contributed by atoms with Gasteiger partial charge in [-0.2, -0.15) is 0 Å². The van der Waals surface area contributed by atoms with Crippen molar-refractivity contribution in [3.05, 3.63) is 0 Å². The molecule has 1 N–H and O–H groups in total. The van der Waals surface area contributed by atoms with Crippen molar-refractivity contribution in [3.63, 3.8) is 0 Å². The Morgan fingerprint density at radius 1 is 1.10 bits per heavy atom. The average Bonchev–Trinajstić information content (AvgIpc) is 2.44. The van der Waals surface area contributed by atoms with Crippen molar-refractivity contribution >= 4 is 0 Å². The van der Waals surface area contributed by atoms with E-state index in [1.807, 2.05) is 7.11 Å². The van der Waals surface area contributed by atoms with Crippen LogP contribution in [0.3, 0.4) is 0 Å². The summed E-state index contributed by atoms with van der Waals surface area (Å²) in [4.78, 5) is 0. The SMILES string of the molecule is CCCNC(CC(C)CC)C1(OC)CCC(C)(C)CC1. The molecule has 2 unspecified atom stereocenters. The number of nitrogens with one attached hydrogen (secondary N) is 1. The van der Waals surface area contributed by atoms with Crippen LogP contribution in [-0.2, 0) is 4.74 Å². The highest BCUT2D eigenvalue weighted by Crippen LogP contribution is 2.44. The standard InChI is InChI=1S/C18H37NO/c1-7-13-19-16(14-15(3)8-2)18(20-6)11-9-17(4,5)10-12-18/h15-16,19H,7-14H2,1-6H3. The van der Waals surface area contributed by atoms with Crippen LogP contribution in [0.2, 0.25) is 0 Å². The molecule has 0 spiro atoms. The number of hydrogen-bond acceptors (Lipinski definition) is 2. The van der Waals surface area contributed by atoms with Crippen LogP contribution in [-0.4, -0.2) is 25.3 Å². The maximum atomic E-state index is 6.11. The van der Waals surface area contributed by atoms with Crippen molar-refractivity contribution in [2.75, 3.05) is 13.7 Å². The van der Waals surface area contributed by atoms with Gasteiger partial charge in [0.2, 0.25) is 0 Å². The van der Waals surface area contributed by atoms with Gasteiger partial charge in [0.05, 0.1) is 5.60 Å². The number of hydrogen-bond donors (Lipinski definition) is 1. The van der Waals surface area contributed by atoms with E-state index in [4.69, 9.17) is 4.74 Å². The average molecular weight is 284 g/mol. The topological polar surface area (TPSA) is 21.3 Å². The van der Waals surface area contributed by atoms with E-state index in [0.29, 0.717) is 11.5 Å². The number of rotatable bonds is 8. The lowest BCUT2D eigenvalue weighted by Gasteiger charge is -2.48. The number of methoxy groups -OCH3 is 1. The Hall–Kier alpha value is -0.0800. The second kappa shape index (κ2) is 7.79. The van der Waals surface area contributed by atoms with Crippen LogP contribution in [0.25, 0.3) is 0 Å². The van der Waals surface area contributed by atoms with Gasteiger partial charge in [-0.05, 0) is 56.4 Å². The normalized spacial score (nSPS) is 24.3. The van der Waals surface area contributed by atoms with Crippen molar-refractivity contribution in [1.82, 2.24) is 5.32 Å². The zero-order valence-corrected chi connectivity index (χ0v) is 14.7. The number of ether oxygens (including phenoxy) is 1. The van der Waals surface area contributed by atoms with Gasteiger partial charge in [0.15, 0.2) is 0 Å². The molecule has 0 saturated heterocycles. The molecule has 2 atom stereocenters. The van der Waals surface area contributed by atoms with E-state index in [1.54, 1.807) is 0 Å². The third-order valence-electron chi connectivity index (χ3n) is 5.47. The largest absolute Gasteiger partial charge is 0.377 e. The molecule has 0 radical (unpaired) electrons. The summed E-state index contributed by atoms with van der Waals surface area (Å²) >= 11 is 0. The lowest BCUT2D eigenvalue weighted by atomic mass is 9.67. The molecule has 1 saturated carbocycles. The Balaban J connectivity index is 2.78. The molecular weight excluding hydrogens is 246 g/mol. The van der Waals surface area contributed by atoms with E-state index >= 15 is 0 Å². The quantitative estimate of drug-likeness (QED) is 0.692. The molecule has 0 aromatic rings. The van der Waals surface area contributed by atoms with Gasteiger partial charge in [-0.1, -0.05) is 41.0 Å². The van der Waals surface area contributed by atoms with E-state index < -0.39 is 0 Å². The molecule has 1 aliphatic carbocycles. The zero-order chi connectivity index (χ0) is 15.2. The summed E-state index contributed by atoms with van der Waals surface area (Å²) in [5.74, 6) is 0.770. The minimum atomic E-state index is 0.0636. The molecule has 0 bridgehead atoms. The van der Waals surface area contributed by atoms with Crippen molar-refractivity contribution in [2.45, 2.75) is 91.2 Å². The van der Waals surface area contributed by atoms with Crippen molar-refractivity contribution < 1.29 is 4.74 Å². The van der Waals surface area contributed by atoms with Gasteiger partial charge < -0.3 is 10.1 Å². The molecule has 0 aliphatic heterocycles. The molecule has 1 aliphatic rings. The Morgan fingerprint density at radius 2 is 1.70 bits per heavy atom. The summed E-state index contributed by atoms with van der Waals surface area (Å²) in [6.45, 7) is 12.8. The zero-order valence-electron chi connectivity index (χ0n) is 14.7. The Labute approximate surface area is 127 Å². The highest BCUT2D eigenvalue weighted by atomic mass is 16.5. The Kier molecular flexibility index (Phi) is 7.00. The third kappa shape index (κ3) is 4.73. The summed E-state index contributed by atoms with van der Waals surface area (Å²) in [6, 6.07) is 0.512. The van der Waals surface area contributed by atoms with Gasteiger partial charge in [-0.25, -0.2) is 0 Å². The van der Waals surface area contributed by atoms with Crippen LogP contribution in [0.4, 0.5) is 0 Å². The summed E-state index contributed by atoms with van der Waals surface area (Å²) in [5.41, 5.74) is 0.557. The van der Waals surface area contributed by atoms with Gasteiger partial charge in [0, 0.05) is 13.2 Å². The summed E-state index contributed by atoms with van der Waals surface area (Å²) in [5, 5.41) is 3.80. The second-order valence-electron chi connectivity index (χ2n) is 7.69. The van der Waals surface area contributed by atoms with Crippen molar-refractivity contribution in [2.24, 2.45) is 11.3 Å². The molecule has 0 amide bonds. The van der Waals surface area contributed by atoms with Crippen LogP contribution in [0.15, 0.2) is 0 Å². The first-order chi connectivity index (χ1) is 9.39. The minimum Gasteiger partial charge on any atom is -0.377 e. The fourth-order valence-electron chi connectivity index (χ4n) is 3.42. The highest BCUT2D eigenvalue weighted by Gasteiger charge is 2.44. The summed E-state index contributed by atoms with van der Waals surface area (Å²) in [6.07, 6.45) is 8.67. The van der Waals surface area contributed by atoms with Gasteiger partial charge in [0.25, 0.3) is 0 Å². The maximum Gasteiger partial charge on any atom is 0.0831 e. The van der Waals surface area contributed by atoms with Crippen molar-refractivity contribution in [3.8, 4) is 0 Å². The molecule has 1 fully saturated rings. The smallest absolute Gasteiger partial charge is 0.0831 e. The first-order valence-corrected chi connectivity index (χ1v) is 8.67. The molecular formula is C18H37NO. The first kappa shape index (κ1) is 18.0. The highest BCUT2D eigenvalue weighted by molar-refractivity contribution is 4.99. The van der Waals surface area contributed by atoms with Gasteiger partial charge in [-0.3, -0.25) is 0 Å². The molecule has 20 heavy (non-hydrogen) atoms. The summed E-state index contributed by atoms with van der Waals surface area (Å²) < 4.78 is 6.11. The van der Waals surface area contributed by atoms with Gasteiger partial charge in [0.1, 0.15) is 0 Å². The maximum absolute atomic E-state index is 6.11.